The minimum Gasteiger partial charge on any atom is -0.379 e. The Morgan fingerprint density at radius 2 is 1.92 bits per heavy atom. The fourth-order valence-corrected chi connectivity index (χ4v) is 3.48. The van der Waals surface area contributed by atoms with E-state index in [0.29, 0.717) is 30.3 Å². The summed E-state index contributed by atoms with van der Waals surface area (Å²) in [7, 11) is 0. The first kappa shape index (κ1) is 18.4. The summed E-state index contributed by atoms with van der Waals surface area (Å²) in [6.07, 6.45) is 0. The molecule has 0 bridgehead atoms. The first-order valence-corrected chi connectivity index (χ1v) is 9.41. The minimum atomic E-state index is -0.0754. The Kier molecular flexibility index (Phi) is 6.48. The molecule has 25 heavy (non-hydrogen) atoms. The van der Waals surface area contributed by atoms with Crippen LogP contribution in [0.2, 0.25) is 5.02 Å². The lowest BCUT2D eigenvalue weighted by molar-refractivity contribution is 0.0162. The van der Waals surface area contributed by atoms with E-state index in [1.807, 2.05) is 48.5 Å². The van der Waals surface area contributed by atoms with Crippen LogP contribution in [0.5, 0.6) is 0 Å². The number of carbonyl (C=O) groups excluding carboxylic acids is 1. The van der Waals surface area contributed by atoms with Crippen LogP contribution in [-0.2, 0) is 4.74 Å². The van der Waals surface area contributed by atoms with Crippen molar-refractivity contribution in [2.75, 3.05) is 32.8 Å². The van der Waals surface area contributed by atoms with Crippen LogP contribution in [0.15, 0.2) is 53.0 Å². The molecule has 1 heterocycles. The summed E-state index contributed by atoms with van der Waals surface area (Å²) >= 11 is 9.42. The fraction of sp³-hybridized carbons (Fsp3) is 0.316. The Labute approximate surface area is 161 Å². The third-order valence-electron chi connectivity index (χ3n) is 4.28. The number of ether oxygens (including phenoxy) is 1. The van der Waals surface area contributed by atoms with Crippen molar-refractivity contribution in [3.63, 3.8) is 0 Å². The van der Waals surface area contributed by atoms with Gasteiger partial charge in [0.2, 0.25) is 0 Å². The molecule has 1 aliphatic rings. The highest BCUT2D eigenvalue weighted by molar-refractivity contribution is 9.10. The van der Waals surface area contributed by atoms with E-state index in [-0.39, 0.29) is 11.9 Å². The topological polar surface area (TPSA) is 41.6 Å². The summed E-state index contributed by atoms with van der Waals surface area (Å²) in [5.41, 5.74) is 1.78. The second-order valence-corrected chi connectivity index (χ2v) is 7.29. The van der Waals surface area contributed by atoms with Gasteiger partial charge in [0.1, 0.15) is 0 Å². The van der Waals surface area contributed by atoms with E-state index >= 15 is 0 Å². The molecule has 0 aliphatic carbocycles. The summed E-state index contributed by atoms with van der Waals surface area (Å²) in [6.45, 7) is 3.65. The molecule has 132 valence electrons. The fourth-order valence-electron chi connectivity index (χ4n) is 2.95. The zero-order valence-electron chi connectivity index (χ0n) is 13.8. The third-order valence-corrected chi connectivity index (χ3v) is 5.03. The van der Waals surface area contributed by atoms with Gasteiger partial charge in [-0.25, -0.2) is 0 Å². The van der Waals surface area contributed by atoms with Gasteiger partial charge in [-0.2, -0.15) is 0 Å². The van der Waals surface area contributed by atoms with Crippen molar-refractivity contribution in [3.05, 3.63) is 69.2 Å². The van der Waals surface area contributed by atoms with Gasteiger partial charge in [0.25, 0.3) is 5.91 Å². The van der Waals surface area contributed by atoms with Crippen molar-refractivity contribution in [2.24, 2.45) is 0 Å². The van der Waals surface area contributed by atoms with Crippen molar-refractivity contribution in [2.45, 2.75) is 6.04 Å². The summed E-state index contributed by atoms with van der Waals surface area (Å²) in [5, 5.41) is 3.77. The van der Waals surface area contributed by atoms with Gasteiger partial charge < -0.3 is 10.1 Å². The second kappa shape index (κ2) is 8.81. The summed E-state index contributed by atoms with van der Waals surface area (Å²) in [4.78, 5) is 14.8. The van der Waals surface area contributed by atoms with E-state index in [1.54, 1.807) is 0 Å². The SMILES string of the molecule is O=C(NCC(c1ccc(Cl)cc1)N1CCOCC1)c1cccc(Br)c1. The van der Waals surface area contributed by atoms with Gasteiger partial charge in [0.15, 0.2) is 0 Å². The summed E-state index contributed by atoms with van der Waals surface area (Å²) in [6, 6.07) is 15.3. The van der Waals surface area contributed by atoms with E-state index in [9.17, 15) is 4.79 Å². The molecule has 0 spiro atoms. The predicted molar refractivity (Wildman–Crippen MR) is 103 cm³/mol. The molecular weight excluding hydrogens is 404 g/mol. The molecule has 1 saturated heterocycles. The molecule has 1 amide bonds. The lowest BCUT2D eigenvalue weighted by atomic mass is 10.0. The van der Waals surface area contributed by atoms with Gasteiger partial charge in [-0.15, -0.1) is 0 Å². The lowest BCUT2D eigenvalue weighted by Gasteiger charge is -2.35. The number of benzene rings is 2. The second-order valence-electron chi connectivity index (χ2n) is 5.94. The van der Waals surface area contributed by atoms with Crippen LogP contribution < -0.4 is 5.32 Å². The Bertz CT molecular complexity index is 718. The average Bonchev–Trinajstić information content (AvgIpc) is 2.64. The van der Waals surface area contributed by atoms with Crippen LogP contribution in [-0.4, -0.2) is 43.7 Å². The van der Waals surface area contributed by atoms with Gasteiger partial charge in [-0.3, -0.25) is 9.69 Å². The maximum absolute atomic E-state index is 12.5. The van der Waals surface area contributed by atoms with E-state index < -0.39 is 0 Å². The molecule has 1 N–H and O–H groups in total. The molecule has 6 heteroatoms. The molecule has 0 aromatic heterocycles. The molecule has 2 aromatic rings. The molecular formula is C19H20BrClN2O2. The van der Waals surface area contributed by atoms with Gasteiger partial charge in [-0.05, 0) is 35.9 Å². The Hall–Kier alpha value is -1.40. The largest absolute Gasteiger partial charge is 0.379 e. The number of morpholine rings is 1. The van der Waals surface area contributed by atoms with E-state index in [4.69, 9.17) is 16.3 Å². The smallest absolute Gasteiger partial charge is 0.251 e. The van der Waals surface area contributed by atoms with Crippen LogP contribution in [0.4, 0.5) is 0 Å². The zero-order chi connectivity index (χ0) is 17.6. The maximum Gasteiger partial charge on any atom is 0.251 e. The molecule has 2 aromatic carbocycles. The molecule has 4 nitrogen and oxygen atoms in total. The number of carbonyl (C=O) groups is 1. The minimum absolute atomic E-state index is 0.0754. The zero-order valence-corrected chi connectivity index (χ0v) is 16.1. The first-order chi connectivity index (χ1) is 12.1. The van der Waals surface area contributed by atoms with Gasteiger partial charge in [0.05, 0.1) is 19.3 Å². The first-order valence-electron chi connectivity index (χ1n) is 8.24. The number of nitrogens with zero attached hydrogens (tertiary/aromatic N) is 1. The molecule has 0 radical (unpaired) electrons. The van der Waals surface area contributed by atoms with Crippen LogP contribution in [0.3, 0.4) is 0 Å². The number of hydrogen-bond acceptors (Lipinski definition) is 3. The highest BCUT2D eigenvalue weighted by atomic mass is 79.9. The quantitative estimate of drug-likeness (QED) is 0.793. The summed E-state index contributed by atoms with van der Waals surface area (Å²) in [5.74, 6) is -0.0754. The third kappa shape index (κ3) is 5.05. The predicted octanol–water partition coefficient (Wildman–Crippen LogP) is 3.91. The Balaban J connectivity index is 1.73. The standard InChI is InChI=1S/C19H20BrClN2O2/c20-16-3-1-2-15(12-16)19(24)22-13-18(23-8-10-25-11-9-23)14-4-6-17(21)7-5-14/h1-7,12,18H,8-11,13H2,(H,22,24). The molecule has 1 atom stereocenters. The number of amides is 1. The molecule has 1 unspecified atom stereocenters. The summed E-state index contributed by atoms with van der Waals surface area (Å²) < 4.78 is 6.35. The van der Waals surface area contributed by atoms with E-state index in [0.717, 1.165) is 23.1 Å². The van der Waals surface area contributed by atoms with Gasteiger partial charge >= 0.3 is 0 Å². The van der Waals surface area contributed by atoms with E-state index in [2.05, 4.69) is 26.1 Å². The van der Waals surface area contributed by atoms with Crippen LogP contribution in [0.25, 0.3) is 0 Å². The number of hydrogen-bond donors (Lipinski definition) is 1. The molecule has 0 saturated carbocycles. The van der Waals surface area contributed by atoms with Crippen LogP contribution >= 0.6 is 27.5 Å². The monoisotopic (exact) mass is 422 g/mol. The van der Waals surface area contributed by atoms with Crippen LogP contribution in [0.1, 0.15) is 22.0 Å². The average molecular weight is 424 g/mol. The normalized spacial score (nSPS) is 16.4. The Morgan fingerprint density at radius 3 is 2.60 bits per heavy atom. The van der Waals surface area contributed by atoms with Crippen molar-refractivity contribution in [1.29, 1.82) is 0 Å². The highest BCUT2D eigenvalue weighted by Crippen LogP contribution is 2.23. The van der Waals surface area contributed by atoms with Crippen molar-refractivity contribution in [3.8, 4) is 0 Å². The van der Waals surface area contributed by atoms with Gasteiger partial charge in [-0.1, -0.05) is 45.7 Å². The maximum atomic E-state index is 12.5. The molecule has 1 aliphatic heterocycles. The Morgan fingerprint density at radius 1 is 1.20 bits per heavy atom. The van der Waals surface area contributed by atoms with Gasteiger partial charge in [0, 0.05) is 34.7 Å². The molecule has 3 rings (SSSR count). The van der Waals surface area contributed by atoms with Crippen LogP contribution in [0, 0.1) is 0 Å². The van der Waals surface area contributed by atoms with Crippen molar-refractivity contribution in [1.82, 2.24) is 10.2 Å². The van der Waals surface area contributed by atoms with Crippen molar-refractivity contribution < 1.29 is 9.53 Å². The number of halogens is 2. The number of nitrogens with one attached hydrogen (secondary N) is 1. The van der Waals surface area contributed by atoms with Crippen molar-refractivity contribution >= 4 is 33.4 Å². The number of rotatable bonds is 5. The highest BCUT2D eigenvalue weighted by Gasteiger charge is 2.23. The van der Waals surface area contributed by atoms with E-state index in [1.165, 1.54) is 0 Å². The molecule has 1 fully saturated rings. The lowest BCUT2D eigenvalue weighted by Crippen LogP contribution is -2.43.